The van der Waals surface area contributed by atoms with Crippen LogP contribution in [0.5, 0.6) is 17.2 Å². The third-order valence-corrected chi connectivity index (χ3v) is 4.66. The summed E-state index contributed by atoms with van der Waals surface area (Å²) in [7, 11) is 4.59. The summed E-state index contributed by atoms with van der Waals surface area (Å²) in [6.45, 7) is 2.10. The van der Waals surface area contributed by atoms with Crippen molar-refractivity contribution in [3.8, 4) is 28.6 Å². The van der Waals surface area contributed by atoms with Gasteiger partial charge in [-0.2, -0.15) is 0 Å². The number of nitrogens with one attached hydrogen (secondary N) is 1. The van der Waals surface area contributed by atoms with E-state index in [0.717, 1.165) is 5.56 Å². The summed E-state index contributed by atoms with van der Waals surface area (Å²) >= 11 is 0. The minimum absolute atomic E-state index is 0.160. The molecule has 1 amide bonds. The van der Waals surface area contributed by atoms with E-state index in [1.807, 2.05) is 19.1 Å². The SMILES string of the molecule is COc1cccc(CN(C)C(=O)c2nc(-c3ccc(C)cc3)[nH]c(=O)c2O)c1OC. The fourth-order valence-corrected chi connectivity index (χ4v) is 3.05. The highest BCUT2D eigenvalue weighted by Crippen LogP contribution is 2.31. The number of para-hydroxylation sites is 1. The van der Waals surface area contributed by atoms with Crippen LogP contribution in [0.4, 0.5) is 0 Å². The monoisotopic (exact) mass is 409 g/mol. The van der Waals surface area contributed by atoms with Gasteiger partial charge in [0.25, 0.3) is 11.5 Å². The summed E-state index contributed by atoms with van der Waals surface area (Å²) in [4.78, 5) is 33.3. The van der Waals surface area contributed by atoms with Gasteiger partial charge in [0.1, 0.15) is 5.82 Å². The summed E-state index contributed by atoms with van der Waals surface area (Å²) in [6.07, 6.45) is 0. The first-order chi connectivity index (χ1) is 14.3. The van der Waals surface area contributed by atoms with E-state index in [2.05, 4.69) is 9.97 Å². The number of aromatic hydroxyl groups is 1. The number of methoxy groups -OCH3 is 2. The lowest BCUT2D eigenvalue weighted by Crippen LogP contribution is -2.29. The second-order valence-corrected chi connectivity index (χ2v) is 6.79. The number of hydrogen-bond donors (Lipinski definition) is 2. The zero-order valence-corrected chi connectivity index (χ0v) is 17.2. The van der Waals surface area contributed by atoms with Crippen molar-refractivity contribution >= 4 is 5.91 Å². The van der Waals surface area contributed by atoms with E-state index in [4.69, 9.17) is 9.47 Å². The molecule has 8 heteroatoms. The Morgan fingerprint density at radius 3 is 2.47 bits per heavy atom. The Morgan fingerprint density at radius 2 is 1.83 bits per heavy atom. The minimum atomic E-state index is -0.781. The molecule has 2 N–H and O–H groups in total. The van der Waals surface area contributed by atoms with Gasteiger partial charge in [0.15, 0.2) is 17.2 Å². The summed E-state index contributed by atoms with van der Waals surface area (Å²) in [5.41, 5.74) is 1.28. The molecule has 0 spiro atoms. The lowest BCUT2D eigenvalue weighted by molar-refractivity contribution is 0.0774. The van der Waals surface area contributed by atoms with E-state index in [-0.39, 0.29) is 18.1 Å². The van der Waals surface area contributed by atoms with Gasteiger partial charge in [0.05, 0.1) is 14.2 Å². The molecule has 0 aliphatic rings. The highest BCUT2D eigenvalue weighted by Gasteiger charge is 2.23. The number of aromatic amines is 1. The number of carbonyl (C=O) groups excluding carboxylic acids is 1. The molecule has 1 heterocycles. The maximum absolute atomic E-state index is 13.0. The molecule has 0 aliphatic heterocycles. The molecule has 0 saturated heterocycles. The van der Waals surface area contributed by atoms with Crippen molar-refractivity contribution in [3.63, 3.8) is 0 Å². The van der Waals surface area contributed by atoms with Crippen LogP contribution in [0.1, 0.15) is 21.6 Å². The van der Waals surface area contributed by atoms with Crippen molar-refractivity contribution in [1.29, 1.82) is 0 Å². The van der Waals surface area contributed by atoms with Crippen LogP contribution in [0.25, 0.3) is 11.4 Å². The van der Waals surface area contributed by atoms with E-state index in [9.17, 15) is 14.7 Å². The van der Waals surface area contributed by atoms with Crippen LogP contribution in [0.3, 0.4) is 0 Å². The number of ether oxygens (including phenoxy) is 2. The highest BCUT2D eigenvalue weighted by molar-refractivity contribution is 5.95. The molecule has 0 bridgehead atoms. The average molecular weight is 409 g/mol. The predicted molar refractivity (Wildman–Crippen MR) is 112 cm³/mol. The van der Waals surface area contributed by atoms with Gasteiger partial charge >= 0.3 is 0 Å². The van der Waals surface area contributed by atoms with Gasteiger partial charge in [0, 0.05) is 24.7 Å². The van der Waals surface area contributed by atoms with Crippen molar-refractivity contribution in [2.24, 2.45) is 0 Å². The maximum atomic E-state index is 13.0. The number of rotatable bonds is 6. The average Bonchev–Trinajstić information content (AvgIpc) is 2.75. The minimum Gasteiger partial charge on any atom is -0.501 e. The normalized spacial score (nSPS) is 10.5. The van der Waals surface area contributed by atoms with Crippen LogP contribution < -0.4 is 15.0 Å². The summed E-state index contributed by atoms with van der Waals surface area (Å²) in [5.74, 6) is -0.0802. The molecule has 3 aromatic rings. The topological polar surface area (TPSA) is 105 Å². The van der Waals surface area contributed by atoms with Gasteiger partial charge in [-0.05, 0) is 13.0 Å². The number of carbonyl (C=O) groups is 1. The third kappa shape index (κ3) is 4.12. The molecular weight excluding hydrogens is 386 g/mol. The molecule has 0 fully saturated rings. The first kappa shape index (κ1) is 20.9. The van der Waals surface area contributed by atoms with Crippen LogP contribution in [0, 0.1) is 6.92 Å². The van der Waals surface area contributed by atoms with Crippen molar-refractivity contribution in [3.05, 3.63) is 69.6 Å². The second kappa shape index (κ2) is 8.69. The van der Waals surface area contributed by atoms with Gasteiger partial charge in [-0.15, -0.1) is 0 Å². The number of benzene rings is 2. The molecule has 8 nitrogen and oxygen atoms in total. The highest BCUT2D eigenvalue weighted by atomic mass is 16.5. The Balaban J connectivity index is 1.95. The third-order valence-electron chi connectivity index (χ3n) is 4.66. The fraction of sp³-hybridized carbons (Fsp3) is 0.227. The van der Waals surface area contributed by atoms with Crippen molar-refractivity contribution in [2.75, 3.05) is 21.3 Å². The van der Waals surface area contributed by atoms with Gasteiger partial charge in [0.2, 0.25) is 5.75 Å². The molecule has 30 heavy (non-hydrogen) atoms. The number of amides is 1. The fourth-order valence-electron chi connectivity index (χ4n) is 3.05. The molecule has 0 aliphatic carbocycles. The zero-order valence-electron chi connectivity index (χ0n) is 17.2. The van der Waals surface area contributed by atoms with E-state index in [1.165, 1.54) is 19.1 Å². The van der Waals surface area contributed by atoms with Crippen molar-refractivity contribution in [2.45, 2.75) is 13.5 Å². The molecule has 0 unspecified atom stereocenters. The van der Waals surface area contributed by atoms with E-state index in [0.29, 0.717) is 22.6 Å². The Hall–Kier alpha value is -3.81. The van der Waals surface area contributed by atoms with Gasteiger partial charge in [-0.3, -0.25) is 9.59 Å². The second-order valence-electron chi connectivity index (χ2n) is 6.79. The quantitative estimate of drug-likeness (QED) is 0.649. The number of H-pyrrole nitrogens is 1. The molecule has 2 aromatic carbocycles. The largest absolute Gasteiger partial charge is 0.501 e. The molecule has 0 radical (unpaired) electrons. The van der Waals surface area contributed by atoms with Crippen molar-refractivity contribution in [1.82, 2.24) is 14.9 Å². The standard InChI is InChI=1S/C22H23N3O5/c1-13-8-10-14(11-9-13)20-23-17(18(26)21(27)24-20)22(28)25(2)12-15-6-5-7-16(29-3)19(15)30-4/h5-11,26H,12H2,1-4H3,(H,23,24,27). The number of nitrogens with zero attached hydrogens (tertiary/aromatic N) is 2. The van der Waals surface area contributed by atoms with Crippen LogP contribution in [-0.4, -0.2) is 47.1 Å². The van der Waals surface area contributed by atoms with Crippen LogP contribution in [0.2, 0.25) is 0 Å². The van der Waals surface area contributed by atoms with Gasteiger partial charge in [-0.25, -0.2) is 4.98 Å². The summed E-state index contributed by atoms with van der Waals surface area (Å²) in [6, 6.07) is 12.6. The summed E-state index contributed by atoms with van der Waals surface area (Å²) in [5, 5.41) is 10.2. The molecule has 0 atom stereocenters. The maximum Gasteiger partial charge on any atom is 0.294 e. The number of aromatic nitrogens is 2. The van der Waals surface area contributed by atoms with E-state index < -0.39 is 17.2 Å². The zero-order chi connectivity index (χ0) is 21.8. The lowest BCUT2D eigenvalue weighted by Gasteiger charge is -2.20. The van der Waals surface area contributed by atoms with Crippen LogP contribution in [-0.2, 0) is 6.54 Å². The Labute approximate surface area is 173 Å². The summed E-state index contributed by atoms with van der Waals surface area (Å²) < 4.78 is 10.7. The molecular formula is C22H23N3O5. The molecule has 1 aromatic heterocycles. The Bertz CT molecular complexity index is 1120. The van der Waals surface area contributed by atoms with Crippen LogP contribution in [0.15, 0.2) is 47.3 Å². The van der Waals surface area contributed by atoms with E-state index >= 15 is 0 Å². The first-order valence-electron chi connectivity index (χ1n) is 9.21. The number of hydrogen-bond acceptors (Lipinski definition) is 6. The van der Waals surface area contributed by atoms with Gasteiger partial charge < -0.3 is 24.5 Å². The smallest absolute Gasteiger partial charge is 0.294 e. The lowest BCUT2D eigenvalue weighted by atomic mass is 10.1. The molecule has 156 valence electrons. The Morgan fingerprint density at radius 1 is 1.13 bits per heavy atom. The first-order valence-corrected chi connectivity index (χ1v) is 9.21. The van der Waals surface area contributed by atoms with E-state index in [1.54, 1.807) is 37.4 Å². The Kier molecular flexibility index (Phi) is 6.06. The van der Waals surface area contributed by atoms with Crippen LogP contribution >= 0.6 is 0 Å². The predicted octanol–water partition coefficient (Wildman–Crippen LogP) is 2.74. The van der Waals surface area contributed by atoms with Crippen molar-refractivity contribution < 1.29 is 19.4 Å². The molecule has 0 saturated carbocycles. The number of aryl methyl sites for hydroxylation is 1. The molecule has 3 rings (SSSR count). The van der Waals surface area contributed by atoms with Gasteiger partial charge in [-0.1, -0.05) is 42.0 Å².